The average molecular weight is 309 g/mol. The van der Waals surface area contributed by atoms with Crippen LogP contribution in [0.3, 0.4) is 0 Å². The van der Waals surface area contributed by atoms with Crippen LogP contribution in [-0.4, -0.2) is 36.5 Å². The lowest BCUT2D eigenvalue weighted by Crippen LogP contribution is -2.36. The average Bonchev–Trinajstić information content (AvgIpc) is 2.84. The molecule has 116 valence electrons. The zero-order chi connectivity index (χ0) is 15.8. The van der Waals surface area contributed by atoms with Gasteiger partial charge in [0.25, 0.3) is 0 Å². The van der Waals surface area contributed by atoms with Crippen LogP contribution < -0.4 is 0 Å². The van der Waals surface area contributed by atoms with Crippen LogP contribution >= 0.6 is 0 Å². The van der Waals surface area contributed by atoms with E-state index < -0.39 is 15.6 Å². The van der Waals surface area contributed by atoms with Crippen LogP contribution in [0.1, 0.15) is 19.4 Å². The van der Waals surface area contributed by atoms with E-state index in [1.54, 1.807) is 44.2 Å². The monoisotopic (exact) mass is 309 g/mol. The van der Waals surface area contributed by atoms with Crippen molar-refractivity contribution in [1.29, 1.82) is 0 Å². The molecular formula is C16H23NO3S. The Hall–Kier alpha value is -1.17. The van der Waals surface area contributed by atoms with Crippen molar-refractivity contribution in [1.82, 2.24) is 4.31 Å². The van der Waals surface area contributed by atoms with Crippen LogP contribution in [0.15, 0.2) is 41.8 Å². The summed E-state index contributed by atoms with van der Waals surface area (Å²) in [6.45, 7) is 9.82. The quantitative estimate of drug-likeness (QED) is 0.867. The first-order valence-corrected chi connectivity index (χ1v) is 8.52. The summed E-state index contributed by atoms with van der Waals surface area (Å²) in [7, 11) is -3.52. The Morgan fingerprint density at radius 3 is 2.29 bits per heavy atom. The predicted octanol–water partition coefficient (Wildman–Crippen LogP) is 2.19. The minimum absolute atomic E-state index is 0.0368. The van der Waals surface area contributed by atoms with Crippen molar-refractivity contribution in [2.75, 3.05) is 13.1 Å². The van der Waals surface area contributed by atoms with E-state index in [4.69, 9.17) is 0 Å². The van der Waals surface area contributed by atoms with E-state index in [0.29, 0.717) is 18.0 Å². The Morgan fingerprint density at radius 2 is 1.86 bits per heavy atom. The maximum absolute atomic E-state index is 12.7. The molecule has 0 spiro atoms. The van der Waals surface area contributed by atoms with Crippen LogP contribution in [0, 0.1) is 18.8 Å². The van der Waals surface area contributed by atoms with Gasteiger partial charge in [0.05, 0.1) is 10.5 Å². The summed E-state index contributed by atoms with van der Waals surface area (Å²) in [6.07, 6.45) is 1.74. The number of hydrogen-bond acceptors (Lipinski definition) is 3. The molecule has 0 radical (unpaired) electrons. The number of nitrogens with zero attached hydrogens (tertiary/aromatic N) is 1. The van der Waals surface area contributed by atoms with E-state index in [9.17, 15) is 13.5 Å². The van der Waals surface area contributed by atoms with Gasteiger partial charge < -0.3 is 5.11 Å². The van der Waals surface area contributed by atoms with Gasteiger partial charge in [0, 0.05) is 19.0 Å². The van der Waals surface area contributed by atoms with Crippen molar-refractivity contribution < 1.29 is 13.5 Å². The summed E-state index contributed by atoms with van der Waals surface area (Å²) < 4.78 is 26.8. The van der Waals surface area contributed by atoms with E-state index in [1.807, 2.05) is 6.92 Å². The second-order valence-corrected chi connectivity index (χ2v) is 8.23. The first-order chi connectivity index (χ1) is 9.66. The molecule has 1 heterocycles. The minimum atomic E-state index is -3.52. The molecule has 2 unspecified atom stereocenters. The fraction of sp³-hybridized carbons (Fsp3) is 0.500. The zero-order valence-corrected chi connectivity index (χ0v) is 13.6. The van der Waals surface area contributed by atoms with Gasteiger partial charge in [-0.05, 0) is 38.8 Å². The molecule has 2 atom stereocenters. The highest BCUT2D eigenvalue weighted by molar-refractivity contribution is 7.89. The standard InChI is InChI=1S/C16H23NO3S/c1-5-13-10-17(11-15(13)16(3,4)18)21(19,20)14-8-6-12(2)7-9-14/h5-9,13,15,18H,1,10-11H2,2-4H3. The van der Waals surface area contributed by atoms with Crippen molar-refractivity contribution in [3.05, 3.63) is 42.5 Å². The summed E-state index contributed by atoms with van der Waals surface area (Å²) in [6, 6.07) is 6.85. The van der Waals surface area contributed by atoms with Gasteiger partial charge in [-0.25, -0.2) is 8.42 Å². The van der Waals surface area contributed by atoms with E-state index in [2.05, 4.69) is 6.58 Å². The van der Waals surface area contributed by atoms with Gasteiger partial charge in [-0.2, -0.15) is 4.31 Å². The van der Waals surface area contributed by atoms with Gasteiger partial charge in [0.15, 0.2) is 0 Å². The number of aryl methyl sites for hydroxylation is 1. The summed E-state index contributed by atoms with van der Waals surface area (Å²) in [5.74, 6) is -0.180. The molecule has 0 aliphatic carbocycles. The number of rotatable bonds is 4. The largest absolute Gasteiger partial charge is 0.390 e. The highest BCUT2D eigenvalue weighted by atomic mass is 32.2. The molecule has 1 fully saturated rings. The van der Waals surface area contributed by atoms with Crippen molar-refractivity contribution in [2.24, 2.45) is 11.8 Å². The fourth-order valence-corrected chi connectivity index (χ4v) is 4.34. The topological polar surface area (TPSA) is 57.6 Å². The third kappa shape index (κ3) is 3.20. The van der Waals surface area contributed by atoms with Crippen LogP contribution in [0.5, 0.6) is 0 Å². The zero-order valence-electron chi connectivity index (χ0n) is 12.8. The highest BCUT2D eigenvalue weighted by Crippen LogP contribution is 2.35. The SMILES string of the molecule is C=CC1CN(S(=O)(=O)c2ccc(C)cc2)CC1C(C)(C)O. The van der Waals surface area contributed by atoms with Crippen LogP contribution in [0.4, 0.5) is 0 Å². The van der Waals surface area contributed by atoms with Crippen LogP contribution in [-0.2, 0) is 10.0 Å². The molecule has 1 N–H and O–H groups in total. The van der Waals surface area contributed by atoms with Crippen molar-refractivity contribution in [3.8, 4) is 0 Å². The Morgan fingerprint density at radius 1 is 1.29 bits per heavy atom. The minimum Gasteiger partial charge on any atom is -0.390 e. The van der Waals surface area contributed by atoms with E-state index >= 15 is 0 Å². The van der Waals surface area contributed by atoms with E-state index in [0.717, 1.165) is 5.56 Å². The molecule has 1 aliphatic heterocycles. The third-order valence-corrected chi connectivity index (χ3v) is 6.05. The molecule has 21 heavy (non-hydrogen) atoms. The Balaban J connectivity index is 2.30. The lowest BCUT2D eigenvalue weighted by molar-refractivity contribution is 0.0129. The molecule has 1 aromatic rings. The van der Waals surface area contributed by atoms with E-state index in [-0.39, 0.29) is 11.8 Å². The normalized spacial score (nSPS) is 24.2. The fourth-order valence-electron chi connectivity index (χ4n) is 2.83. The number of aliphatic hydroxyl groups is 1. The van der Waals surface area contributed by atoms with Crippen molar-refractivity contribution in [2.45, 2.75) is 31.3 Å². The molecule has 5 heteroatoms. The third-order valence-electron chi connectivity index (χ3n) is 4.20. The van der Waals surface area contributed by atoms with Gasteiger partial charge in [0.2, 0.25) is 10.0 Å². The molecule has 2 rings (SSSR count). The smallest absolute Gasteiger partial charge is 0.243 e. The Bertz CT molecular complexity index is 614. The summed E-state index contributed by atoms with van der Waals surface area (Å²) in [4.78, 5) is 0.298. The number of sulfonamides is 1. The molecule has 0 bridgehead atoms. The van der Waals surface area contributed by atoms with Crippen molar-refractivity contribution >= 4 is 10.0 Å². The molecule has 4 nitrogen and oxygen atoms in total. The molecule has 0 aromatic heterocycles. The van der Waals surface area contributed by atoms with E-state index in [1.165, 1.54) is 4.31 Å². The second kappa shape index (κ2) is 5.55. The molecule has 1 aromatic carbocycles. The lowest BCUT2D eigenvalue weighted by Gasteiger charge is -2.28. The first kappa shape index (κ1) is 16.2. The number of hydrogen-bond donors (Lipinski definition) is 1. The molecule has 1 aliphatic rings. The predicted molar refractivity (Wildman–Crippen MR) is 83.4 cm³/mol. The Labute approximate surface area is 127 Å². The van der Waals surface area contributed by atoms with Crippen LogP contribution in [0.25, 0.3) is 0 Å². The summed E-state index contributed by atoms with van der Waals surface area (Å²) >= 11 is 0. The van der Waals surface area contributed by atoms with Gasteiger partial charge >= 0.3 is 0 Å². The maximum Gasteiger partial charge on any atom is 0.243 e. The molecule has 0 saturated carbocycles. The lowest BCUT2D eigenvalue weighted by atomic mass is 9.83. The molecule has 0 amide bonds. The summed E-state index contributed by atoms with van der Waals surface area (Å²) in [5.41, 5.74) is 0.0878. The van der Waals surface area contributed by atoms with Gasteiger partial charge in [-0.1, -0.05) is 23.8 Å². The molecular weight excluding hydrogens is 286 g/mol. The van der Waals surface area contributed by atoms with Crippen molar-refractivity contribution in [3.63, 3.8) is 0 Å². The second-order valence-electron chi connectivity index (χ2n) is 6.29. The first-order valence-electron chi connectivity index (χ1n) is 7.08. The van der Waals surface area contributed by atoms with Crippen LogP contribution in [0.2, 0.25) is 0 Å². The molecule has 1 saturated heterocycles. The van der Waals surface area contributed by atoms with Gasteiger partial charge in [0.1, 0.15) is 0 Å². The summed E-state index contributed by atoms with van der Waals surface area (Å²) in [5, 5.41) is 10.2. The maximum atomic E-state index is 12.7. The highest BCUT2D eigenvalue weighted by Gasteiger charge is 2.44. The van der Waals surface area contributed by atoms with Gasteiger partial charge in [-0.3, -0.25) is 0 Å². The number of benzene rings is 1. The van der Waals surface area contributed by atoms with Gasteiger partial charge in [-0.15, -0.1) is 6.58 Å². The Kier molecular flexibility index (Phi) is 4.29.